The summed E-state index contributed by atoms with van der Waals surface area (Å²) in [6.07, 6.45) is 0.746. The van der Waals surface area contributed by atoms with Gasteiger partial charge in [0, 0.05) is 32.5 Å². The van der Waals surface area contributed by atoms with E-state index in [1.54, 1.807) is 12.0 Å². The minimum absolute atomic E-state index is 0.00819. The van der Waals surface area contributed by atoms with Crippen molar-refractivity contribution in [2.45, 2.75) is 25.3 Å². The number of nitrogens with two attached hydrogens (primary N) is 1. The Kier molecular flexibility index (Phi) is 6.23. The fraction of sp³-hybridized carbons (Fsp3) is 0.750. The van der Waals surface area contributed by atoms with Crippen LogP contribution in [0.3, 0.4) is 0 Å². The summed E-state index contributed by atoms with van der Waals surface area (Å²) in [6.45, 7) is 1.69. The van der Waals surface area contributed by atoms with Gasteiger partial charge < -0.3 is 25.8 Å². The quantitative estimate of drug-likeness (QED) is 0.576. The number of carboxylic acid groups (broad SMARTS) is 1. The third-order valence-corrected chi connectivity index (χ3v) is 3.25. The van der Waals surface area contributed by atoms with Crippen LogP contribution in [0.15, 0.2) is 0 Å². The summed E-state index contributed by atoms with van der Waals surface area (Å²) in [5, 5.41) is 11.4. The molecule has 2 atom stereocenters. The first-order valence-corrected chi connectivity index (χ1v) is 6.49. The number of urea groups is 1. The van der Waals surface area contributed by atoms with E-state index in [1.165, 1.54) is 0 Å². The molecular weight excluding hydrogens is 266 g/mol. The number of hydrogen-bond acceptors (Lipinski definition) is 4. The number of likely N-dealkylation sites (tertiary alicyclic amines) is 1. The molecule has 8 heteroatoms. The minimum atomic E-state index is -1.17. The van der Waals surface area contributed by atoms with Gasteiger partial charge in [-0.05, 0) is 12.8 Å². The topological polar surface area (TPSA) is 122 Å². The van der Waals surface area contributed by atoms with Gasteiger partial charge in [0.15, 0.2) is 0 Å². The highest BCUT2D eigenvalue weighted by molar-refractivity contribution is 5.83. The highest BCUT2D eigenvalue weighted by Gasteiger charge is 2.29. The second kappa shape index (κ2) is 7.68. The van der Waals surface area contributed by atoms with E-state index in [9.17, 15) is 14.4 Å². The van der Waals surface area contributed by atoms with Crippen molar-refractivity contribution in [3.8, 4) is 0 Å². The van der Waals surface area contributed by atoms with E-state index in [0.29, 0.717) is 19.7 Å². The second-order valence-electron chi connectivity index (χ2n) is 4.90. The van der Waals surface area contributed by atoms with Crippen LogP contribution in [0.2, 0.25) is 0 Å². The standard InChI is InChI=1S/C12H21N3O5/c1-20-7-8-4-5-15(6-8)12(19)14-9(11(17)18)2-3-10(13)16/h8-9H,2-7H2,1H3,(H2,13,16)(H,14,19)(H,17,18). The Hall–Kier alpha value is -1.83. The summed E-state index contributed by atoms with van der Waals surface area (Å²) in [5.74, 6) is -1.49. The molecule has 3 amide bonds. The lowest BCUT2D eigenvalue weighted by atomic mass is 10.1. The molecular formula is C12H21N3O5. The number of amides is 3. The predicted octanol–water partition coefficient (Wildman–Crippen LogP) is -0.617. The molecule has 0 spiro atoms. The molecule has 8 nitrogen and oxygen atoms in total. The SMILES string of the molecule is COCC1CCN(C(=O)NC(CCC(N)=O)C(=O)O)C1. The van der Waals surface area contributed by atoms with Gasteiger partial charge in [0.1, 0.15) is 6.04 Å². The van der Waals surface area contributed by atoms with Crippen LogP contribution in [-0.2, 0) is 14.3 Å². The van der Waals surface area contributed by atoms with Gasteiger partial charge in [0.2, 0.25) is 5.91 Å². The third-order valence-electron chi connectivity index (χ3n) is 3.25. The normalized spacial score (nSPS) is 19.6. The van der Waals surface area contributed by atoms with E-state index in [4.69, 9.17) is 15.6 Å². The Morgan fingerprint density at radius 1 is 1.50 bits per heavy atom. The van der Waals surface area contributed by atoms with Gasteiger partial charge in [-0.2, -0.15) is 0 Å². The number of ether oxygens (including phenoxy) is 1. The molecule has 0 aromatic heterocycles. The molecule has 0 aliphatic carbocycles. The molecule has 114 valence electrons. The summed E-state index contributed by atoms with van der Waals surface area (Å²) < 4.78 is 5.03. The molecule has 0 aromatic carbocycles. The van der Waals surface area contributed by atoms with Crippen LogP contribution in [0.25, 0.3) is 0 Å². The Balaban J connectivity index is 2.46. The zero-order chi connectivity index (χ0) is 15.1. The second-order valence-corrected chi connectivity index (χ2v) is 4.90. The van der Waals surface area contributed by atoms with Gasteiger partial charge >= 0.3 is 12.0 Å². The molecule has 1 fully saturated rings. The lowest BCUT2D eigenvalue weighted by molar-refractivity contribution is -0.139. The van der Waals surface area contributed by atoms with E-state index >= 15 is 0 Å². The number of rotatable bonds is 7. The molecule has 0 saturated carbocycles. The van der Waals surface area contributed by atoms with E-state index in [2.05, 4.69) is 5.32 Å². The first-order valence-electron chi connectivity index (χ1n) is 6.49. The molecule has 20 heavy (non-hydrogen) atoms. The average molecular weight is 287 g/mol. The fourth-order valence-corrected chi connectivity index (χ4v) is 2.17. The molecule has 0 aromatic rings. The van der Waals surface area contributed by atoms with Gasteiger partial charge in [-0.15, -0.1) is 0 Å². The van der Waals surface area contributed by atoms with Crippen LogP contribution in [-0.4, -0.2) is 60.8 Å². The highest BCUT2D eigenvalue weighted by Crippen LogP contribution is 2.16. The van der Waals surface area contributed by atoms with Crippen molar-refractivity contribution in [2.75, 3.05) is 26.8 Å². The van der Waals surface area contributed by atoms with Crippen LogP contribution < -0.4 is 11.1 Å². The van der Waals surface area contributed by atoms with Gasteiger partial charge in [0.05, 0.1) is 6.61 Å². The summed E-state index contributed by atoms with van der Waals surface area (Å²) in [6, 6.07) is -1.53. The zero-order valence-corrected chi connectivity index (χ0v) is 11.5. The van der Waals surface area contributed by atoms with E-state index in [-0.39, 0.29) is 18.8 Å². The molecule has 1 saturated heterocycles. The van der Waals surface area contributed by atoms with Crippen molar-refractivity contribution in [1.82, 2.24) is 10.2 Å². The highest BCUT2D eigenvalue weighted by atomic mass is 16.5. The summed E-state index contributed by atoms with van der Waals surface area (Å²) in [7, 11) is 1.60. The maximum Gasteiger partial charge on any atom is 0.326 e. The zero-order valence-electron chi connectivity index (χ0n) is 11.5. The summed E-state index contributed by atoms with van der Waals surface area (Å²) in [5.41, 5.74) is 4.98. The number of hydrogen-bond donors (Lipinski definition) is 3. The third kappa shape index (κ3) is 5.04. The largest absolute Gasteiger partial charge is 0.480 e. The lowest BCUT2D eigenvalue weighted by Crippen LogP contribution is -2.47. The molecule has 1 rings (SSSR count). The summed E-state index contributed by atoms with van der Waals surface area (Å²) in [4.78, 5) is 35.2. The smallest absolute Gasteiger partial charge is 0.326 e. The van der Waals surface area contributed by atoms with Crippen molar-refractivity contribution in [3.05, 3.63) is 0 Å². The molecule has 1 aliphatic rings. The van der Waals surface area contributed by atoms with Crippen molar-refractivity contribution >= 4 is 17.9 Å². The number of aliphatic carboxylic acids is 1. The summed E-state index contributed by atoms with van der Waals surface area (Å²) >= 11 is 0. The van der Waals surface area contributed by atoms with Crippen LogP contribution >= 0.6 is 0 Å². The Labute approximate surface area is 117 Å². The Morgan fingerprint density at radius 2 is 2.20 bits per heavy atom. The van der Waals surface area contributed by atoms with Crippen molar-refractivity contribution in [1.29, 1.82) is 0 Å². The van der Waals surface area contributed by atoms with Crippen LogP contribution in [0.5, 0.6) is 0 Å². The lowest BCUT2D eigenvalue weighted by Gasteiger charge is -2.20. The minimum Gasteiger partial charge on any atom is -0.480 e. The number of nitrogens with zero attached hydrogens (tertiary/aromatic N) is 1. The van der Waals surface area contributed by atoms with Crippen LogP contribution in [0.1, 0.15) is 19.3 Å². The first kappa shape index (κ1) is 16.2. The van der Waals surface area contributed by atoms with E-state index < -0.39 is 23.9 Å². The fourth-order valence-electron chi connectivity index (χ4n) is 2.17. The van der Waals surface area contributed by atoms with Gasteiger partial charge in [-0.1, -0.05) is 0 Å². The maximum absolute atomic E-state index is 11.9. The van der Waals surface area contributed by atoms with Crippen molar-refractivity contribution in [2.24, 2.45) is 11.7 Å². The van der Waals surface area contributed by atoms with Crippen molar-refractivity contribution in [3.63, 3.8) is 0 Å². The van der Waals surface area contributed by atoms with Crippen LogP contribution in [0, 0.1) is 5.92 Å². The number of primary amides is 1. The number of methoxy groups -OCH3 is 1. The number of carboxylic acids is 1. The van der Waals surface area contributed by atoms with E-state index in [1.807, 2.05) is 0 Å². The van der Waals surface area contributed by atoms with Gasteiger partial charge in [-0.3, -0.25) is 4.79 Å². The molecule has 1 aliphatic heterocycles. The number of nitrogens with one attached hydrogen (secondary N) is 1. The van der Waals surface area contributed by atoms with Crippen molar-refractivity contribution < 1.29 is 24.2 Å². The first-order chi connectivity index (χ1) is 9.43. The molecule has 4 N–H and O–H groups in total. The number of carbonyl (C=O) groups is 3. The Morgan fingerprint density at radius 3 is 2.75 bits per heavy atom. The predicted molar refractivity (Wildman–Crippen MR) is 69.9 cm³/mol. The van der Waals surface area contributed by atoms with Gasteiger partial charge in [-0.25, -0.2) is 9.59 Å². The van der Waals surface area contributed by atoms with E-state index in [0.717, 1.165) is 6.42 Å². The molecule has 0 radical (unpaired) electrons. The van der Waals surface area contributed by atoms with Crippen LogP contribution in [0.4, 0.5) is 4.79 Å². The Bertz CT molecular complexity index is 374. The molecule has 0 bridgehead atoms. The van der Waals surface area contributed by atoms with Gasteiger partial charge in [0.25, 0.3) is 0 Å². The number of carbonyl (C=O) groups excluding carboxylic acids is 2. The molecule has 2 unspecified atom stereocenters. The average Bonchev–Trinajstić information content (AvgIpc) is 2.82. The monoisotopic (exact) mass is 287 g/mol. The molecule has 1 heterocycles. The maximum atomic E-state index is 11.9.